The summed E-state index contributed by atoms with van der Waals surface area (Å²) < 4.78 is 0. The molecule has 0 saturated heterocycles. The molecule has 0 aliphatic heterocycles. The van der Waals surface area contributed by atoms with Crippen molar-refractivity contribution in [2.45, 2.75) is 40.0 Å². The van der Waals surface area contributed by atoms with Crippen molar-refractivity contribution in [1.29, 1.82) is 0 Å². The Morgan fingerprint density at radius 2 is 2.00 bits per heavy atom. The quantitative estimate of drug-likeness (QED) is 0.774. The van der Waals surface area contributed by atoms with Crippen molar-refractivity contribution in [2.24, 2.45) is 5.41 Å². The van der Waals surface area contributed by atoms with E-state index in [0.29, 0.717) is 30.4 Å². The van der Waals surface area contributed by atoms with E-state index in [-0.39, 0.29) is 11.2 Å². The van der Waals surface area contributed by atoms with Crippen LogP contribution in [0.25, 0.3) is 0 Å². The summed E-state index contributed by atoms with van der Waals surface area (Å²) in [6.07, 6.45) is 8.70. The van der Waals surface area contributed by atoms with Crippen molar-refractivity contribution in [3.8, 4) is 0 Å². The normalized spacial score (nSPS) is 28.3. The molecule has 18 heavy (non-hydrogen) atoms. The number of carbonyl (C=O) groups excluding carboxylic acids is 1. The van der Waals surface area contributed by atoms with Crippen LogP contribution in [0.5, 0.6) is 0 Å². The SMILES string of the molecule is C/C1=C/CC/C(C(=O)O)=C/CC(C)(C)/C=C/C1=O. The lowest BCUT2D eigenvalue weighted by Gasteiger charge is -2.17. The van der Waals surface area contributed by atoms with Gasteiger partial charge in [0.1, 0.15) is 0 Å². The molecular formula is C15H20O3. The van der Waals surface area contributed by atoms with Crippen LogP contribution in [0.15, 0.2) is 35.5 Å². The minimum Gasteiger partial charge on any atom is -0.478 e. The van der Waals surface area contributed by atoms with Crippen LogP contribution in [0.1, 0.15) is 40.0 Å². The van der Waals surface area contributed by atoms with Gasteiger partial charge in [-0.15, -0.1) is 0 Å². The minimum atomic E-state index is -0.869. The Balaban J connectivity index is 3.05. The largest absolute Gasteiger partial charge is 0.478 e. The molecule has 1 aliphatic rings. The molecule has 0 bridgehead atoms. The summed E-state index contributed by atoms with van der Waals surface area (Å²) in [5.74, 6) is -0.867. The maximum absolute atomic E-state index is 11.8. The van der Waals surface area contributed by atoms with Gasteiger partial charge in [-0.2, -0.15) is 0 Å². The fourth-order valence-electron chi connectivity index (χ4n) is 1.73. The first-order valence-electron chi connectivity index (χ1n) is 6.14. The summed E-state index contributed by atoms with van der Waals surface area (Å²) in [5.41, 5.74) is 0.893. The highest BCUT2D eigenvalue weighted by Gasteiger charge is 2.16. The minimum absolute atomic E-state index is 0.00171. The van der Waals surface area contributed by atoms with Crippen molar-refractivity contribution in [3.05, 3.63) is 35.5 Å². The van der Waals surface area contributed by atoms with Gasteiger partial charge in [0.25, 0.3) is 0 Å². The van der Waals surface area contributed by atoms with Crippen molar-refractivity contribution >= 4 is 11.8 Å². The van der Waals surface area contributed by atoms with Crippen LogP contribution in [-0.4, -0.2) is 16.9 Å². The van der Waals surface area contributed by atoms with E-state index in [1.807, 2.05) is 26.0 Å². The Bertz CT molecular complexity index is 437. The highest BCUT2D eigenvalue weighted by atomic mass is 16.4. The van der Waals surface area contributed by atoms with E-state index < -0.39 is 5.97 Å². The Kier molecular flexibility index (Phi) is 4.65. The molecule has 0 amide bonds. The molecule has 0 aromatic heterocycles. The van der Waals surface area contributed by atoms with Crippen LogP contribution < -0.4 is 0 Å². The van der Waals surface area contributed by atoms with Crippen molar-refractivity contribution < 1.29 is 14.7 Å². The van der Waals surface area contributed by atoms with Crippen molar-refractivity contribution in [2.75, 3.05) is 0 Å². The monoisotopic (exact) mass is 248 g/mol. The smallest absolute Gasteiger partial charge is 0.331 e. The number of rotatable bonds is 1. The molecule has 0 saturated carbocycles. The molecule has 0 aromatic rings. The van der Waals surface area contributed by atoms with E-state index in [9.17, 15) is 9.59 Å². The van der Waals surface area contributed by atoms with Gasteiger partial charge in [-0.25, -0.2) is 4.79 Å². The molecule has 3 nitrogen and oxygen atoms in total. The summed E-state index contributed by atoms with van der Waals surface area (Å²) in [6.45, 7) is 5.75. The van der Waals surface area contributed by atoms with E-state index in [1.165, 1.54) is 0 Å². The van der Waals surface area contributed by atoms with E-state index in [4.69, 9.17) is 5.11 Å². The number of carboxylic acids is 1. The molecule has 0 radical (unpaired) electrons. The van der Waals surface area contributed by atoms with Gasteiger partial charge in [0.05, 0.1) is 0 Å². The third-order valence-electron chi connectivity index (χ3n) is 3.09. The van der Waals surface area contributed by atoms with Crippen LogP contribution in [0.2, 0.25) is 0 Å². The summed E-state index contributed by atoms with van der Waals surface area (Å²) >= 11 is 0. The number of hydrogen-bond donors (Lipinski definition) is 1. The van der Waals surface area contributed by atoms with Gasteiger partial charge in [0.15, 0.2) is 5.78 Å². The molecule has 1 N–H and O–H groups in total. The molecule has 0 aromatic carbocycles. The average Bonchev–Trinajstić information content (AvgIpc) is 2.30. The molecular weight excluding hydrogens is 228 g/mol. The number of allylic oxidation sites excluding steroid dienone is 5. The van der Waals surface area contributed by atoms with Crippen LogP contribution in [0.3, 0.4) is 0 Å². The van der Waals surface area contributed by atoms with E-state index >= 15 is 0 Å². The topological polar surface area (TPSA) is 54.4 Å². The number of hydrogen-bond acceptors (Lipinski definition) is 2. The van der Waals surface area contributed by atoms with E-state index in [2.05, 4.69) is 0 Å². The van der Waals surface area contributed by atoms with Crippen molar-refractivity contribution in [1.82, 2.24) is 0 Å². The van der Waals surface area contributed by atoms with Gasteiger partial charge in [0, 0.05) is 5.57 Å². The molecule has 3 heteroatoms. The van der Waals surface area contributed by atoms with Gasteiger partial charge < -0.3 is 5.11 Å². The van der Waals surface area contributed by atoms with Gasteiger partial charge in [0.2, 0.25) is 0 Å². The first-order chi connectivity index (χ1) is 8.32. The lowest BCUT2D eigenvalue weighted by molar-refractivity contribution is -0.132. The van der Waals surface area contributed by atoms with E-state index in [0.717, 1.165) is 0 Å². The number of carbonyl (C=O) groups is 2. The summed E-state index contributed by atoms with van der Waals surface area (Å²) in [7, 11) is 0. The summed E-state index contributed by atoms with van der Waals surface area (Å²) in [5, 5.41) is 9.10. The third-order valence-corrected chi connectivity index (χ3v) is 3.09. The first kappa shape index (κ1) is 14.4. The Morgan fingerprint density at radius 3 is 2.61 bits per heavy atom. The fraction of sp³-hybridized carbons (Fsp3) is 0.467. The molecule has 98 valence electrons. The van der Waals surface area contributed by atoms with Gasteiger partial charge >= 0.3 is 5.97 Å². The van der Waals surface area contributed by atoms with Gasteiger partial charge in [-0.05, 0) is 43.3 Å². The fourth-order valence-corrected chi connectivity index (χ4v) is 1.73. The lowest BCUT2D eigenvalue weighted by atomic mass is 9.87. The number of carboxylic acid groups (broad SMARTS) is 1. The molecule has 0 atom stereocenters. The molecule has 0 unspecified atom stereocenters. The van der Waals surface area contributed by atoms with Crippen LogP contribution in [0.4, 0.5) is 0 Å². The lowest BCUT2D eigenvalue weighted by Crippen LogP contribution is -2.08. The third kappa shape index (κ3) is 4.32. The molecule has 1 aliphatic carbocycles. The average molecular weight is 248 g/mol. The zero-order chi connectivity index (χ0) is 13.8. The molecule has 0 fully saturated rings. The second kappa shape index (κ2) is 5.80. The predicted octanol–water partition coefficient (Wildman–Crippen LogP) is 3.28. The highest BCUT2D eigenvalue weighted by molar-refractivity contribution is 6.03. The zero-order valence-electron chi connectivity index (χ0n) is 11.2. The van der Waals surface area contributed by atoms with Gasteiger partial charge in [-0.3, -0.25) is 4.79 Å². The maximum atomic E-state index is 11.8. The maximum Gasteiger partial charge on any atom is 0.331 e. The molecule has 1 rings (SSSR count). The van der Waals surface area contributed by atoms with Crippen LogP contribution in [-0.2, 0) is 9.59 Å². The van der Waals surface area contributed by atoms with E-state index in [1.54, 1.807) is 19.1 Å². The second-order valence-electron chi connectivity index (χ2n) is 5.35. The zero-order valence-corrected chi connectivity index (χ0v) is 11.2. The standard InChI is InChI=1S/C15H20O3/c1-11-5-4-6-12(14(17)18)7-9-15(2,3)10-8-13(11)16/h5,7-8,10H,4,6,9H2,1-3H3,(H,17,18)/b10-8+,11-5-,12-7-. The highest BCUT2D eigenvalue weighted by Crippen LogP contribution is 2.25. The predicted molar refractivity (Wildman–Crippen MR) is 71.3 cm³/mol. The Morgan fingerprint density at radius 1 is 1.33 bits per heavy atom. The molecule has 0 spiro atoms. The second-order valence-corrected chi connectivity index (χ2v) is 5.35. The first-order valence-corrected chi connectivity index (χ1v) is 6.14. The summed E-state index contributed by atoms with van der Waals surface area (Å²) in [6, 6.07) is 0. The van der Waals surface area contributed by atoms with Crippen LogP contribution in [0, 0.1) is 5.41 Å². The van der Waals surface area contributed by atoms with Crippen molar-refractivity contribution in [3.63, 3.8) is 0 Å². The molecule has 0 heterocycles. The Labute approximate surface area is 108 Å². The number of ketones is 1. The van der Waals surface area contributed by atoms with Crippen LogP contribution >= 0.6 is 0 Å². The summed E-state index contributed by atoms with van der Waals surface area (Å²) in [4.78, 5) is 22.8. The Hall–Kier alpha value is -1.64. The van der Waals surface area contributed by atoms with Gasteiger partial charge in [-0.1, -0.05) is 32.1 Å². The number of aliphatic carboxylic acids is 1.